The van der Waals surface area contributed by atoms with Gasteiger partial charge in [-0.05, 0) is 37.3 Å². The van der Waals surface area contributed by atoms with Crippen molar-refractivity contribution >= 4 is 50.5 Å². The van der Waals surface area contributed by atoms with Crippen molar-refractivity contribution in [2.45, 2.75) is 13.5 Å². The number of halogens is 1. The molecule has 0 aliphatic rings. The number of nitrogens with zero attached hydrogens (tertiary/aromatic N) is 2. The second kappa shape index (κ2) is 4.60. The molecule has 0 saturated heterocycles. The number of imidazole rings is 1. The lowest BCUT2D eigenvalue weighted by Crippen LogP contribution is -1.99. The zero-order valence-corrected chi connectivity index (χ0v) is 12.8. The van der Waals surface area contributed by atoms with Crippen LogP contribution >= 0.6 is 39.5 Å². The van der Waals surface area contributed by atoms with E-state index < -0.39 is 0 Å². The first kappa shape index (κ1) is 12.1. The second-order valence-electron chi connectivity index (χ2n) is 4.06. The lowest BCUT2D eigenvalue weighted by molar-refractivity contribution is 0.800. The predicted molar refractivity (Wildman–Crippen MR) is 80.8 cm³/mol. The maximum absolute atomic E-state index is 5.37. The normalized spacial score (nSPS) is 11.2. The first-order valence-electron chi connectivity index (χ1n) is 5.42. The maximum Gasteiger partial charge on any atom is 0.178 e. The highest BCUT2D eigenvalue weighted by Gasteiger charge is 2.07. The van der Waals surface area contributed by atoms with Crippen molar-refractivity contribution in [3.8, 4) is 0 Å². The van der Waals surface area contributed by atoms with Crippen LogP contribution in [0.2, 0.25) is 0 Å². The molecule has 0 bridgehead atoms. The Kier molecular flexibility index (Phi) is 3.09. The molecule has 3 aromatic rings. The Morgan fingerprint density at radius 1 is 1.50 bits per heavy atom. The number of fused-ring (bicyclic) bond motifs is 1. The fourth-order valence-electron chi connectivity index (χ4n) is 1.90. The van der Waals surface area contributed by atoms with E-state index in [0.29, 0.717) is 0 Å². The first-order chi connectivity index (χ1) is 8.63. The third-order valence-corrected chi connectivity index (χ3v) is 4.46. The number of thiazole rings is 1. The molecule has 0 fully saturated rings. The molecule has 92 valence electrons. The Balaban J connectivity index is 2.11. The summed E-state index contributed by atoms with van der Waals surface area (Å²) in [6.07, 6.45) is 0. The molecule has 0 radical (unpaired) electrons. The fraction of sp³-hybridized carbons (Fsp3) is 0.167. The van der Waals surface area contributed by atoms with Gasteiger partial charge in [-0.3, -0.25) is 0 Å². The van der Waals surface area contributed by atoms with Gasteiger partial charge in [-0.25, -0.2) is 4.98 Å². The third kappa shape index (κ3) is 2.15. The summed E-state index contributed by atoms with van der Waals surface area (Å²) < 4.78 is 3.86. The molecule has 6 heteroatoms. The molecule has 0 atom stereocenters. The molecule has 0 spiro atoms. The zero-order valence-electron chi connectivity index (χ0n) is 9.61. The van der Waals surface area contributed by atoms with Crippen molar-refractivity contribution < 1.29 is 0 Å². The van der Waals surface area contributed by atoms with Crippen LogP contribution in [0.1, 0.15) is 10.7 Å². The van der Waals surface area contributed by atoms with Crippen LogP contribution in [0.25, 0.3) is 11.0 Å². The zero-order chi connectivity index (χ0) is 12.7. The summed E-state index contributed by atoms with van der Waals surface area (Å²) in [4.78, 5) is 7.70. The average Bonchev–Trinajstić information content (AvgIpc) is 2.84. The summed E-state index contributed by atoms with van der Waals surface area (Å²) in [5.41, 5.74) is 3.21. The van der Waals surface area contributed by atoms with Crippen LogP contribution in [0, 0.1) is 11.7 Å². The minimum Gasteiger partial charge on any atom is -0.331 e. The van der Waals surface area contributed by atoms with E-state index in [0.717, 1.165) is 37.5 Å². The molecule has 2 heterocycles. The van der Waals surface area contributed by atoms with Crippen LogP contribution in [0.3, 0.4) is 0 Å². The van der Waals surface area contributed by atoms with Gasteiger partial charge in [-0.15, -0.1) is 11.3 Å². The van der Waals surface area contributed by atoms with Crippen molar-refractivity contribution in [2.24, 2.45) is 0 Å². The van der Waals surface area contributed by atoms with Gasteiger partial charge in [0, 0.05) is 15.5 Å². The smallest absolute Gasteiger partial charge is 0.178 e. The van der Waals surface area contributed by atoms with Gasteiger partial charge in [-0.1, -0.05) is 15.9 Å². The second-order valence-corrected chi connectivity index (χ2v) is 6.31. The van der Waals surface area contributed by atoms with Gasteiger partial charge in [0.05, 0.1) is 17.6 Å². The van der Waals surface area contributed by atoms with Crippen molar-refractivity contribution in [1.82, 2.24) is 14.5 Å². The minimum absolute atomic E-state index is 0.721. The van der Waals surface area contributed by atoms with Crippen molar-refractivity contribution in [2.75, 3.05) is 0 Å². The quantitative estimate of drug-likeness (QED) is 0.707. The highest BCUT2D eigenvalue weighted by atomic mass is 79.9. The summed E-state index contributed by atoms with van der Waals surface area (Å²) in [6.45, 7) is 2.73. The number of aromatic nitrogens is 3. The first-order valence-corrected chi connectivity index (χ1v) is 7.50. The van der Waals surface area contributed by atoms with Gasteiger partial charge in [0.1, 0.15) is 5.01 Å². The number of nitrogens with one attached hydrogen (secondary N) is 1. The van der Waals surface area contributed by atoms with Crippen LogP contribution in [0.5, 0.6) is 0 Å². The van der Waals surface area contributed by atoms with Crippen molar-refractivity contribution in [3.05, 3.63) is 43.5 Å². The van der Waals surface area contributed by atoms with E-state index in [1.807, 2.05) is 19.1 Å². The summed E-state index contributed by atoms with van der Waals surface area (Å²) in [7, 11) is 0. The molecule has 2 aromatic heterocycles. The van der Waals surface area contributed by atoms with Crippen LogP contribution in [0.4, 0.5) is 0 Å². The Labute approximate surface area is 122 Å². The topological polar surface area (TPSA) is 33.6 Å². The number of aromatic amines is 1. The fourth-order valence-corrected chi connectivity index (χ4v) is 3.30. The highest BCUT2D eigenvalue weighted by Crippen LogP contribution is 2.21. The van der Waals surface area contributed by atoms with Crippen molar-refractivity contribution in [1.29, 1.82) is 0 Å². The van der Waals surface area contributed by atoms with E-state index in [2.05, 4.69) is 41.9 Å². The number of rotatable bonds is 2. The number of hydrogen-bond acceptors (Lipinski definition) is 3. The molecule has 18 heavy (non-hydrogen) atoms. The van der Waals surface area contributed by atoms with Gasteiger partial charge < -0.3 is 9.55 Å². The molecule has 0 saturated carbocycles. The van der Waals surface area contributed by atoms with Crippen LogP contribution in [0.15, 0.2) is 28.1 Å². The lowest BCUT2D eigenvalue weighted by atomic mass is 10.3. The Morgan fingerprint density at radius 2 is 2.33 bits per heavy atom. The van der Waals surface area contributed by atoms with Crippen LogP contribution in [-0.4, -0.2) is 14.5 Å². The van der Waals surface area contributed by atoms with Gasteiger partial charge in [0.25, 0.3) is 0 Å². The van der Waals surface area contributed by atoms with Crippen molar-refractivity contribution in [3.63, 3.8) is 0 Å². The van der Waals surface area contributed by atoms with E-state index >= 15 is 0 Å². The summed E-state index contributed by atoms with van der Waals surface area (Å²) >= 11 is 10.5. The van der Waals surface area contributed by atoms with E-state index in [1.54, 1.807) is 11.3 Å². The number of H-pyrrole nitrogens is 1. The average molecular weight is 340 g/mol. The molecular weight excluding hydrogens is 330 g/mol. The SMILES string of the molecule is Cc1csc(Cn2c(=S)[nH]c3cc(Br)ccc32)n1. The van der Waals surface area contributed by atoms with E-state index in [4.69, 9.17) is 12.2 Å². The Hall–Kier alpha value is -0.980. The molecule has 0 unspecified atom stereocenters. The summed E-state index contributed by atoms with van der Waals surface area (Å²) in [5.74, 6) is 0. The van der Waals surface area contributed by atoms with E-state index in [-0.39, 0.29) is 0 Å². The third-order valence-electron chi connectivity index (χ3n) is 2.70. The number of benzene rings is 1. The van der Waals surface area contributed by atoms with Gasteiger partial charge >= 0.3 is 0 Å². The van der Waals surface area contributed by atoms with Gasteiger partial charge in [0.15, 0.2) is 4.77 Å². The molecule has 1 aromatic carbocycles. The number of aryl methyl sites for hydroxylation is 1. The number of hydrogen-bond donors (Lipinski definition) is 1. The minimum atomic E-state index is 0.721. The molecule has 0 aliphatic carbocycles. The van der Waals surface area contributed by atoms with E-state index in [1.165, 1.54) is 0 Å². The molecule has 3 rings (SSSR count). The highest BCUT2D eigenvalue weighted by molar-refractivity contribution is 9.10. The largest absolute Gasteiger partial charge is 0.331 e. The molecule has 0 aliphatic heterocycles. The maximum atomic E-state index is 5.37. The monoisotopic (exact) mass is 339 g/mol. The molecule has 3 nitrogen and oxygen atoms in total. The lowest BCUT2D eigenvalue weighted by Gasteiger charge is -2.01. The summed E-state index contributed by atoms with van der Waals surface area (Å²) in [6, 6.07) is 6.12. The standard InChI is InChI=1S/C12H10BrN3S2/c1-7-6-18-11(14-7)5-16-10-3-2-8(13)4-9(10)15-12(16)17/h2-4,6H,5H2,1H3,(H,15,17). The van der Waals surface area contributed by atoms with Crippen LogP contribution in [-0.2, 0) is 6.54 Å². The van der Waals surface area contributed by atoms with Crippen LogP contribution < -0.4 is 0 Å². The molecular formula is C12H10BrN3S2. The Bertz CT molecular complexity index is 769. The molecule has 0 amide bonds. The predicted octanol–water partition coefficient (Wildman–Crippen LogP) is 4.27. The molecule has 1 N–H and O–H groups in total. The van der Waals surface area contributed by atoms with Gasteiger partial charge in [0.2, 0.25) is 0 Å². The Morgan fingerprint density at radius 3 is 3.06 bits per heavy atom. The van der Waals surface area contributed by atoms with Gasteiger partial charge in [-0.2, -0.15) is 0 Å². The van der Waals surface area contributed by atoms with E-state index in [9.17, 15) is 0 Å². The summed E-state index contributed by atoms with van der Waals surface area (Å²) in [5, 5.41) is 3.14.